The highest BCUT2D eigenvalue weighted by Crippen LogP contribution is 2.69. The van der Waals surface area contributed by atoms with E-state index >= 15 is 0 Å². The zero-order valence-electron chi connectivity index (χ0n) is 21.1. The summed E-state index contributed by atoms with van der Waals surface area (Å²) < 4.78 is 0. The predicted molar refractivity (Wildman–Crippen MR) is 134 cm³/mol. The van der Waals surface area contributed by atoms with Crippen molar-refractivity contribution in [1.82, 2.24) is 0 Å². The number of allylic oxidation sites excluding steroid dienone is 4. The Kier molecular flexibility index (Phi) is 4.71. The van der Waals surface area contributed by atoms with Crippen LogP contribution < -0.4 is 0 Å². The van der Waals surface area contributed by atoms with Crippen LogP contribution in [0.4, 0.5) is 0 Å². The minimum absolute atomic E-state index is 0.489. The summed E-state index contributed by atoms with van der Waals surface area (Å²) in [6, 6.07) is 0. The van der Waals surface area contributed by atoms with Crippen molar-refractivity contribution in [3.8, 4) is 0 Å². The number of rotatable bonds is 3. The fourth-order valence-electron chi connectivity index (χ4n) is 12.1. The maximum absolute atomic E-state index is 2.80. The normalized spacial score (nSPS) is 55.9. The number of hydrogen-bond donors (Lipinski definition) is 0. The van der Waals surface area contributed by atoms with Crippen LogP contribution in [0.1, 0.15) is 97.8 Å². The van der Waals surface area contributed by atoms with E-state index in [2.05, 4.69) is 45.1 Å². The van der Waals surface area contributed by atoms with Gasteiger partial charge >= 0.3 is 0 Å². The summed E-state index contributed by atoms with van der Waals surface area (Å²) in [5, 5.41) is 0. The van der Waals surface area contributed by atoms with Gasteiger partial charge in [-0.25, -0.2) is 0 Å². The van der Waals surface area contributed by atoms with E-state index in [4.69, 9.17) is 0 Å². The van der Waals surface area contributed by atoms with Gasteiger partial charge < -0.3 is 0 Å². The van der Waals surface area contributed by atoms with Crippen LogP contribution in [0.25, 0.3) is 0 Å². The minimum atomic E-state index is 0.489. The molecule has 176 valence electrons. The average molecular weight is 433 g/mol. The fourth-order valence-corrected chi connectivity index (χ4v) is 12.1. The molecule has 8 aliphatic carbocycles. The molecule has 0 radical (unpaired) electrons. The third-order valence-electron chi connectivity index (χ3n) is 13.5. The van der Waals surface area contributed by atoms with Gasteiger partial charge in [0, 0.05) is 0 Å². The van der Waals surface area contributed by atoms with Crippen LogP contribution in [-0.4, -0.2) is 0 Å². The van der Waals surface area contributed by atoms with E-state index in [0.717, 1.165) is 65.1 Å². The molecule has 0 heteroatoms. The van der Waals surface area contributed by atoms with Crippen LogP contribution in [0.5, 0.6) is 0 Å². The Morgan fingerprint density at radius 2 is 1.22 bits per heavy atom. The first kappa shape index (κ1) is 20.8. The summed E-state index contributed by atoms with van der Waals surface area (Å²) in [5.41, 5.74) is 1.18. The van der Waals surface area contributed by atoms with E-state index in [1.165, 1.54) is 32.1 Å². The Morgan fingerprint density at radius 3 is 1.78 bits per heavy atom. The lowest BCUT2D eigenvalue weighted by Gasteiger charge is -2.62. The van der Waals surface area contributed by atoms with Crippen LogP contribution in [0.3, 0.4) is 0 Å². The first-order valence-electron chi connectivity index (χ1n) is 14.8. The van der Waals surface area contributed by atoms with Crippen molar-refractivity contribution in [3.63, 3.8) is 0 Å². The molecule has 0 aliphatic heterocycles. The molecule has 8 aliphatic rings. The van der Waals surface area contributed by atoms with Crippen molar-refractivity contribution in [3.05, 3.63) is 24.3 Å². The van der Waals surface area contributed by atoms with Gasteiger partial charge in [0.15, 0.2) is 0 Å². The zero-order valence-corrected chi connectivity index (χ0v) is 21.1. The average Bonchev–Trinajstić information content (AvgIpc) is 3.41. The number of hydrogen-bond acceptors (Lipinski definition) is 0. The summed E-state index contributed by atoms with van der Waals surface area (Å²) >= 11 is 0. The van der Waals surface area contributed by atoms with Crippen molar-refractivity contribution < 1.29 is 0 Å². The molecular formula is C32H48. The monoisotopic (exact) mass is 432 g/mol. The summed E-state index contributed by atoms with van der Waals surface area (Å²) in [6.07, 6.45) is 28.8. The molecule has 0 aromatic rings. The van der Waals surface area contributed by atoms with Crippen LogP contribution in [-0.2, 0) is 0 Å². The van der Waals surface area contributed by atoms with Crippen molar-refractivity contribution >= 4 is 0 Å². The standard InChI is InChI=1S/C32H48/c1-31(2,30-28-10-6-4-8-26(28)27-9-5-7-11-29(27)30)22-12-13-23(19-22)32(3)24-15-20-14-21(17-24)18-25(32)16-20/h6-7,10-11,20-30H,4-5,8-9,12-19H2,1-3H3. The molecule has 0 aromatic carbocycles. The van der Waals surface area contributed by atoms with Gasteiger partial charge in [-0.1, -0.05) is 45.1 Å². The molecule has 6 fully saturated rings. The van der Waals surface area contributed by atoms with Crippen molar-refractivity contribution in [2.45, 2.75) is 97.8 Å². The van der Waals surface area contributed by atoms with Crippen LogP contribution in [0.15, 0.2) is 24.3 Å². The third kappa shape index (κ3) is 2.80. The third-order valence-corrected chi connectivity index (χ3v) is 13.5. The molecule has 0 saturated heterocycles. The van der Waals surface area contributed by atoms with Crippen molar-refractivity contribution in [1.29, 1.82) is 0 Å². The van der Waals surface area contributed by atoms with Crippen LogP contribution in [0.2, 0.25) is 0 Å². The zero-order chi connectivity index (χ0) is 21.7. The Balaban J connectivity index is 1.15. The van der Waals surface area contributed by atoms with E-state index in [9.17, 15) is 0 Å². The van der Waals surface area contributed by atoms with E-state index < -0.39 is 0 Å². The minimum Gasteiger partial charge on any atom is -0.0882 e. The Hall–Kier alpha value is -0.520. The molecular weight excluding hydrogens is 384 g/mol. The van der Waals surface area contributed by atoms with Gasteiger partial charge in [0.1, 0.15) is 0 Å². The van der Waals surface area contributed by atoms with Gasteiger partial charge in [-0.15, -0.1) is 0 Å². The summed E-state index contributed by atoms with van der Waals surface area (Å²) in [6.45, 7) is 8.26. The summed E-state index contributed by atoms with van der Waals surface area (Å²) in [4.78, 5) is 0. The molecule has 0 nitrogen and oxygen atoms in total. The maximum atomic E-state index is 2.80. The number of fused-ring (bicyclic) bond motifs is 3. The highest BCUT2D eigenvalue weighted by molar-refractivity contribution is 5.18. The molecule has 0 amide bonds. The highest BCUT2D eigenvalue weighted by atomic mass is 14.7. The molecule has 0 N–H and O–H groups in total. The van der Waals surface area contributed by atoms with Gasteiger partial charge in [0.2, 0.25) is 0 Å². The second-order valence-corrected chi connectivity index (χ2v) is 14.7. The van der Waals surface area contributed by atoms with Crippen molar-refractivity contribution in [2.24, 2.45) is 75.9 Å². The molecule has 0 aromatic heterocycles. The van der Waals surface area contributed by atoms with Gasteiger partial charge in [-0.3, -0.25) is 0 Å². The van der Waals surface area contributed by atoms with Gasteiger partial charge in [-0.2, -0.15) is 0 Å². The molecule has 6 saturated carbocycles. The van der Waals surface area contributed by atoms with Gasteiger partial charge in [0.05, 0.1) is 0 Å². The molecule has 8 rings (SSSR count). The van der Waals surface area contributed by atoms with Crippen LogP contribution in [0, 0.1) is 75.9 Å². The second kappa shape index (κ2) is 7.24. The molecule has 0 spiro atoms. The Morgan fingerprint density at radius 1 is 0.656 bits per heavy atom. The molecule has 4 bridgehead atoms. The smallest absolute Gasteiger partial charge is 0.0163 e. The lowest BCUT2D eigenvalue weighted by atomic mass is 9.43. The largest absolute Gasteiger partial charge is 0.0882 e. The molecule has 32 heavy (non-hydrogen) atoms. The molecule has 0 heterocycles. The Labute approximate surface area is 198 Å². The van der Waals surface area contributed by atoms with Gasteiger partial charge in [-0.05, 0) is 153 Å². The van der Waals surface area contributed by atoms with E-state index in [-0.39, 0.29) is 0 Å². The van der Waals surface area contributed by atoms with E-state index in [0.29, 0.717) is 10.8 Å². The predicted octanol–water partition coefficient (Wildman–Crippen LogP) is 8.69. The van der Waals surface area contributed by atoms with E-state index in [1.54, 1.807) is 44.9 Å². The fraction of sp³-hybridized carbons (Fsp3) is 0.875. The van der Waals surface area contributed by atoms with Crippen LogP contribution >= 0.6 is 0 Å². The summed E-state index contributed by atoms with van der Waals surface area (Å²) in [5.74, 6) is 11.0. The van der Waals surface area contributed by atoms with Gasteiger partial charge in [0.25, 0.3) is 0 Å². The topological polar surface area (TPSA) is 0 Å². The van der Waals surface area contributed by atoms with E-state index in [1.807, 2.05) is 0 Å². The quantitative estimate of drug-likeness (QED) is 0.391. The van der Waals surface area contributed by atoms with Crippen molar-refractivity contribution in [2.75, 3.05) is 0 Å². The first-order chi connectivity index (χ1) is 15.5. The second-order valence-electron chi connectivity index (χ2n) is 14.7. The summed E-state index contributed by atoms with van der Waals surface area (Å²) in [7, 11) is 0. The maximum Gasteiger partial charge on any atom is -0.0163 e. The highest BCUT2D eigenvalue weighted by Gasteiger charge is 2.61. The molecule has 6 unspecified atom stereocenters. The Bertz CT molecular complexity index is 741. The SMILES string of the molecule is CC(C)(C1CCC(C2(C)C3CC4CC(C3)CC2C4)C1)C1C2C=CCCC2C2CCC=CC21. The lowest BCUT2D eigenvalue weighted by molar-refractivity contribution is -0.130. The lowest BCUT2D eigenvalue weighted by Crippen LogP contribution is -2.54. The molecule has 6 atom stereocenters. The first-order valence-corrected chi connectivity index (χ1v) is 14.8.